The molecule has 2 heterocycles. The molecule has 0 bridgehead atoms. The van der Waals surface area contributed by atoms with Crippen molar-refractivity contribution >= 4 is 37.3 Å². The van der Waals surface area contributed by atoms with Gasteiger partial charge in [-0.1, -0.05) is 0 Å². The molecule has 1 amide bonds. The maximum absolute atomic E-state index is 12.8. The van der Waals surface area contributed by atoms with Gasteiger partial charge in [0.1, 0.15) is 0 Å². The summed E-state index contributed by atoms with van der Waals surface area (Å²) in [5.74, 6) is -0.0774. The zero-order chi connectivity index (χ0) is 21.5. The Hall–Kier alpha value is -2.43. The fourth-order valence-electron chi connectivity index (χ4n) is 3.86. The van der Waals surface area contributed by atoms with Gasteiger partial charge in [-0.25, -0.2) is 16.8 Å². The lowest BCUT2D eigenvalue weighted by atomic mass is 10.2. The van der Waals surface area contributed by atoms with E-state index in [1.807, 2.05) is 0 Å². The average molecular weight is 450 g/mol. The van der Waals surface area contributed by atoms with Crippen LogP contribution in [0.2, 0.25) is 0 Å². The standard InChI is InChI=1S/C20H23N3O5S2/c1-15(24)23-13-10-16-14-19(8-9-20(16)23)29(25,26)21-17-4-6-18(7-5-17)30(27,28)22-11-2-3-12-22/h4-9,14,21H,2-3,10-13H2,1H3. The molecule has 2 aromatic carbocycles. The lowest BCUT2D eigenvalue weighted by Crippen LogP contribution is -2.27. The Morgan fingerprint density at radius 1 is 0.900 bits per heavy atom. The molecular formula is C20H23N3O5S2. The van der Waals surface area contributed by atoms with Gasteiger partial charge in [0.25, 0.3) is 10.0 Å². The van der Waals surface area contributed by atoms with E-state index in [1.165, 1.54) is 41.6 Å². The summed E-state index contributed by atoms with van der Waals surface area (Å²) in [6.45, 7) is 3.04. The van der Waals surface area contributed by atoms with Crippen LogP contribution >= 0.6 is 0 Å². The largest absolute Gasteiger partial charge is 0.312 e. The number of sulfonamides is 2. The smallest absolute Gasteiger partial charge is 0.261 e. The number of rotatable bonds is 5. The summed E-state index contributed by atoms with van der Waals surface area (Å²) in [4.78, 5) is 13.5. The Balaban J connectivity index is 1.53. The highest BCUT2D eigenvalue weighted by Gasteiger charge is 2.28. The Bertz CT molecular complexity index is 1190. The van der Waals surface area contributed by atoms with Crippen LogP contribution in [0.15, 0.2) is 52.3 Å². The van der Waals surface area contributed by atoms with E-state index in [0.29, 0.717) is 26.1 Å². The normalized spacial score (nSPS) is 17.2. The monoisotopic (exact) mass is 449 g/mol. The maximum Gasteiger partial charge on any atom is 0.261 e. The highest BCUT2D eigenvalue weighted by atomic mass is 32.2. The lowest BCUT2D eigenvalue weighted by Gasteiger charge is -2.16. The molecular weight excluding hydrogens is 426 g/mol. The molecule has 10 heteroatoms. The number of benzene rings is 2. The molecule has 2 aliphatic rings. The molecule has 0 saturated carbocycles. The first-order valence-corrected chi connectivity index (χ1v) is 12.6. The Morgan fingerprint density at radius 2 is 1.53 bits per heavy atom. The zero-order valence-corrected chi connectivity index (χ0v) is 18.2. The molecule has 0 spiro atoms. The van der Waals surface area contributed by atoms with Crippen LogP contribution in [0.5, 0.6) is 0 Å². The molecule has 0 atom stereocenters. The first-order valence-electron chi connectivity index (χ1n) is 9.72. The van der Waals surface area contributed by atoms with Crippen LogP contribution in [0, 0.1) is 0 Å². The van der Waals surface area contributed by atoms with Crippen molar-refractivity contribution in [1.82, 2.24) is 4.31 Å². The third-order valence-electron chi connectivity index (χ3n) is 5.45. The third kappa shape index (κ3) is 3.82. The minimum Gasteiger partial charge on any atom is -0.312 e. The SMILES string of the molecule is CC(=O)N1CCc2cc(S(=O)(=O)Nc3ccc(S(=O)(=O)N4CCCC4)cc3)ccc21. The molecule has 4 rings (SSSR count). The van der Waals surface area contributed by atoms with E-state index in [-0.39, 0.29) is 21.4 Å². The van der Waals surface area contributed by atoms with Crippen molar-refractivity contribution in [1.29, 1.82) is 0 Å². The molecule has 0 aromatic heterocycles. The first kappa shape index (κ1) is 20.8. The van der Waals surface area contributed by atoms with Crippen molar-refractivity contribution in [3.05, 3.63) is 48.0 Å². The van der Waals surface area contributed by atoms with Crippen molar-refractivity contribution in [2.24, 2.45) is 0 Å². The zero-order valence-electron chi connectivity index (χ0n) is 16.5. The molecule has 1 N–H and O–H groups in total. The summed E-state index contributed by atoms with van der Waals surface area (Å²) >= 11 is 0. The van der Waals surface area contributed by atoms with Crippen LogP contribution in [0.1, 0.15) is 25.3 Å². The van der Waals surface area contributed by atoms with Gasteiger partial charge in [0, 0.05) is 37.9 Å². The van der Waals surface area contributed by atoms with Crippen LogP contribution in [-0.4, -0.2) is 46.7 Å². The van der Waals surface area contributed by atoms with Crippen LogP contribution in [-0.2, 0) is 31.3 Å². The molecule has 1 saturated heterocycles. The van der Waals surface area contributed by atoms with E-state index in [1.54, 1.807) is 17.0 Å². The van der Waals surface area contributed by atoms with Gasteiger partial charge in [0.2, 0.25) is 15.9 Å². The Kier molecular flexibility index (Phi) is 5.33. The van der Waals surface area contributed by atoms with Gasteiger partial charge in [-0.3, -0.25) is 9.52 Å². The topological polar surface area (TPSA) is 104 Å². The molecule has 2 aliphatic heterocycles. The number of amides is 1. The summed E-state index contributed by atoms with van der Waals surface area (Å²) < 4.78 is 54.7. The predicted octanol–water partition coefficient (Wildman–Crippen LogP) is 2.18. The minimum absolute atomic E-state index is 0.0774. The summed E-state index contributed by atoms with van der Waals surface area (Å²) in [6, 6.07) is 10.4. The van der Waals surface area contributed by atoms with E-state index < -0.39 is 20.0 Å². The summed E-state index contributed by atoms with van der Waals surface area (Å²) in [6.07, 6.45) is 2.30. The summed E-state index contributed by atoms with van der Waals surface area (Å²) in [5, 5.41) is 0. The first-order chi connectivity index (χ1) is 14.2. The van der Waals surface area contributed by atoms with Crippen molar-refractivity contribution in [3.63, 3.8) is 0 Å². The van der Waals surface area contributed by atoms with Gasteiger partial charge in [-0.05, 0) is 67.3 Å². The van der Waals surface area contributed by atoms with E-state index in [9.17, 15) is 21.6 Å². The van der Waals surface area contributed by atoms with Crippen LogP contribution in [0.4, 0.5) is 11.4 Å². The second kappa shape index (κ2) is 7.68. The van der Waals surface area contributed by atoms with Gasteiger partial charge in [-0.2, -0.15) is 4.31 Å². The quantitative estimate of drug-likeness (QED) is 0.754. The van der Waals surface area contributed by atoms with Crippen LogP contribution in [0.3, 0.4) is 0 Å². The number of hydrogen-bond acceptors (Lipinski definition) is 5. The van der Waals surface area contributed by atoms with Crippen LogP contribution < -0.4 is 9.62 Å². The average Bonchev–Trinajstić information content (AvgIpc) is 3.38. The molecule has 1 fully saturated rings. The maximum atomic E-state index is 12.8. The highest BCUT2D eigenvalue weighted by Crippen LogP contribution is 2.31. The minimum atomic E-state index is -3.85. The number of carbonyl (C=O) groups is 1. The molecule has 30 heavy (non-hydrogen) atoms. The Morgan fingerprint density at radius 3 is 2.17 bits per heavy atom. The van der Waals surface area contributed by atoms with Crippen molar-refractivity contribution < 1.29 is 21.6 Å². The van der Waals surface area contributed by atoms with Gasteiger partial charge < -0.3 is 4.90 Å². The Labute approximate surface area is 176 Å². The number of fused-ring (bicyclic) bond motifs is 1. The van der Waals surface area contributed by atoms with E-state index in [4.69, 9.17) is 0 Å². The second-order valence-corrected chi connectivity index (χ2v) is 11.1. The van der Waals surface area contributed by atoms with Crippen molar-refractivity contribution in [3.8, 4) is 0 Å². The number of carbonyl (C=O) groups excluding carboxylic acids is 1. The summed E-state index contributed by atoms with van der Waals surface area (Å²) in [5.41, 5.74) is 1.82. The van der Waals surface area contributed by atoms with Crippen LogP contribution in [0.25, 0.3) is 0 Å². The molecule has 2 aromatic rings. The van der Waals surface area contributed by atoms with Gasteiger partial charge in [0.05, 0.1) is 9.79 Å². The molecule has 0 unspecified atom stereocenters. The second-order valence-electron chi connectivity index (χ2n) is 7.45. The van der Waals surface area contributed by atoms with Gasteiger partial charge in [-0.15, -0.1) is 0 Å². The molecule has 8 nitrogen and oxygen atoms in total. The van der Waals surface area contributed by atoms with Crippen molar-refractivity contribution in [2.45, 2.75) is 36.0 Å². The number of nitrogens with one attached hydrogen (secondary N) is 1. The fraction of sp³-hybridized carbons (Fsp3) is 0.350. The fourth-order valence-corrected chi connectivity index (χ4v) is 6.48. The van der Waals surface area contributed by atoms with Gasteiger partial charge >= 0.3 is 0 Å². The van der Waals surface area contributed by atoms with Gasteiger partial charge in [0.15, 0.2) is 0 Å². The summed E-state index contributed by atoms with van der Waals surface area (Å²) in [7, 11) is -7.40. The lowest BCUT2D eigenvalue weighted by molar-refractivity contribution is -0.116. The molecule has 0 radical (unpaired) electrons. The number of anilines is 2. The van der Waals surface area contributed by atoms with E-state index in [0.717, 1.165) is 24.1 Å². The van der Waals surface area contributed by atoms with E-state index >= 15 is 0 Å². The molecule has 0 aliphatic carbocycles. The number of hydrogen-bond donors (Lipinski definition) is 1. The molecule has 160 valence electrons. The third-order valence-corrected chi connectivity index (χ3v) is 8.74. The van der Waals surface area contributed by atoms with Crippen molar-refractivity contribution in [2.75, 3.05) is 29.3 Å². The highest BCUT2D eigenvalue weighted by molar-refractivity contribution is 7.92. The predicted molar refractivity (Wildman–Crippen MR) is 113 cm³/mol. The van der Waals surface area contributed by atoms with E-state index in [2.05, 4.69) is 4.72 Å². The number of nitrogens with zero attached hydrogens (tertiary/aromatic N) is 2.